The van der Waals surface area contributed by atoms with Crippen molar-refractivity contribution < 1.29 is 19.1 Å². The van der Waals surface area contributed by atoms with Gasteiger partial charge < -0.3 is 25.0 Å². The molecule has 2 N–H and O–H groups in total. The molecule has 0 bridgehead atoms. The molecule has 8 nitrogen and oxygen atoms in total. The third kappa shape index (κ3) is 4.95. The molecule has 8 heteroatoms. The maximum atomic E-state index is 12.4. The fourth-order valence-electron chi connectivity index (χ4n) is 2.50. The van der Waals surface area contributed by atoms with Crippen LogP contribution in [0.2, 0.25) is 0 Å². The minimum Gasteiger partial charge on any atom is -0.454 e. The van der Waals surface area contributed by atoms with Gasteiger partial charge in [-0.2, -0.15) is 0 Å². The molecule has 1 aliphatic rings. The Kier molecular flexibility index (Phi) is 5.87. The maximum absolute atomic E-state index is 12.4. The number of amides is 2. The van der Waals surface area contributed by atoms with Crippen molar-refractivity contribution in [3.05, 3.63) is 53.3 Å². The van der Waals surface area contributed by atoms with Gasteiger partial charge in [-0.05, 0) is 43.9 Å². The fraction of sp³-hybridized carbons (Fsp3) is 0.316. The normalized spacial score (nSPS) is 12.1. The Morgan fingerprint density at radius 3 is 2.48 bits per heavy atom. The fourth-order valence-corrected chi connectivity index (χ4v) is 2.50. The van der Waals surface area contributed by atoms with Crippen molar-refractivity contribution in [2.75, 3.05) is 34.0 Å². The molecule has 1 aliphatic heterocycles. The van der Waals surface area contributed by atoms with Crippen molar-refractivity contribution in [1.29, 1.82) is 0 Å². The first-order chi connectivity index (χ1) is 13.0. The van der Waals surface area contributed by atoms with Gasteiger partial charge >= 0.3 is 0 Å². The van der Waals surface area contributed by atoms with E-state index in [1.807, 2.05) is 31.1 Å². The number of carbonyl (C=O) groups excluding carboxylic acids is 2. The first-order valence-corrected chi connectivity index (χ1v) is 8.59. The van der Waals surface area contributed by atoms with E-state index in [1.165, 1.54) is 0 Å². The largest absolute Gasteiger partial charge is 0.454 e. The highest BCUT2D eigenvalue weighted by Crippen LogP contribution is 2.32. The van der Waals surface area contributed by atoms with Crippen LogP contribution in [0.3, 0.4) is 0 Å². The average molecular weight is 370 g/mol. The van der Waals surface area contributed by atoms with Crippen LogP contribution in [0.1, 0.15) is 26.5 Å². The number of benzene rings is 1. The van der Waals surface area contributed by atoms with E-state index in [1.54, 1.807) is 24.3 Å². The summed E-state index contributed by atoms with van der Waals surface area (Å²) in [4.78, 5) is 30.6. The van der Waals surface area contributed by atoms with E-state index in [4.69, 9.17) is 9.47 Å². The zero-order valence-electron chi connectivity index (χ0n) is 15.3. The number of hydrogen-bond donors (Lipinski definition) is 2. The molecule has 2 aromatic rings. The lowest BCUT2D eigenvalue weighted by atomic mass is 10.2. The molecule has 27 heavy (non-hydrogen) atoms. The number of rotatable bonds is 7. The first-order valence-electron chi connectivity index (χ1n) is 8.59. The van der Waals surface area contributed by atoms with Crippen LogP contribution in [0, 0.1) is 0 Å². The molecule has 142 valence electrons. The maximum Gasteiger partial charge on any atom is 0.270 e. The monoisotopic (exact) mass is 370 g/mol. The van der Waals surface area contributed by atoms with Crippen molar-refractivity contribution >= 4 is 11.8 Å². The SMILES string of the molecule is CN(C)CCNC(=O)c1cccc(C(=O)NCc2ccc3c(c2)OCO3)n1. The van der Waals surface area contributed by atoms with E-state index in [-0.39, 0.29) is 30.0 Å². The standard InChI is InChI=1S/C19H22N4O4/c1-23(2)9-8-20-18(24)14-4-3-5-15(22-14)19(25)21-11-13-6-7-16-17(10-13)27-12-26-16/h3-7,10H,8-9,11-12H2,1-2H3,(H,20,24)(H,21,25). The molecule has 2 amide bonds. The lowest BCUT2D eigenvalue weighted by Crippen LogP contribution is -2.32. The van der Waals surface area contributed by atoms with Crippen molar-refractivity contribution in [1.82, 2.24) is 20.5 Å². The minimum atomic E-state index is -0.351. The molecule has 1 aromatic carbocycles. The van der Waals surface area contributed by atoms with Crippen LogP contribution < -0.4 is 20.1 Å². The number of nitrogens with zero attached hydrogens (tertiary/aromatic N) is 2. The predicted octanol–water partition coefficient (Wildman–Crippen LogP) is 1.03. The zero-order chi connectivity index (χ0) is 19.2. The second kappa shape index (κ2) is 8.50. The summed E-state index contributed by atoms with van der Waals surface area (Å²) in [5.41, 5.74) is 1.28. The smallest absolute Gasteiger partial charge is 0.270 e. The highest BCUT2D eigenvalue weighted by molar-refractivity contribution is 5.96. The Balaban J connectivity index is 1.57. The van der Waals surface area contributed by atoms with Gasteiger partial charge in [0.1, 0.15) is 11.4 Å². The summed E-state index contributed by atoms with van der Waals surface area (Å²) in [5.74, 6) is 0.703. The van der Waals surface area contributed by atoms with Crippen LogP contribution in [-0.2, 0) is 6.54 Å². The lowest BCUT2D eigenvalue weighted by molar-refractivity contribution is 0.0941. The van der Waals surface area contributed by atoms with E-state index in [0.29, 0.717) is 24.6 Å². The number of carbonyl (C=O) groups is 2. The summed E-state index contributed by atoms with van der Waals surface area (Å²) in [6, 6.07) is 10.3. The average Bonchev–Trinajstić information content (AvgIpc) is 3.13. The van der Waals surface area contributed by atoms with Crippen molar-refractivity contribution in [3.63, 3.8) is 0 Å². The van der Waals surface area contributed by atoms with Gasteiger partial charge in [-0.15, -0.1) is 0 Å². The second-order valence-corrected chi connectivity index (χ2v) is 6.34. The molecule has 0 atom stereocenters. The number of fused-ring (bicyclic) bond motifs is 1. The summed E-state index contributed by atoms with van der Waals surface area (Å²) in [6.45, 7) is 1.75. The Hall–Kier alpha value is -3.13. The Morgan fingerprint density at radius 2 is 1.74 bits per heavy atom. The third-order valence-electron chi connectivity index (χ3n) is 3.95. The molecule has 0 fully saturated rings. The van der Waals surface area contributed by atoms with Crippen LogP contribution in [-0.4, -0.2) is 55.7 Å². The molecule has 0 saturated heterocycles. The summed E-state index contributed by atoms with van der Waals surface area (Å²) in [5, 5.41) is 5.57. The van der Waals surface area contributed by atoms with Crippen molar-refractivity contribution in [2.24, 2.45) is 0 Å². The predicted molar refractivity (Wildman–Crippen MR) is 98.9 cm³/mol. The highest BCUT2D eigenvalue weighted by Gasteiger charge is 2.15. The number of aromatic nitrogens is 1. The van der Waals surface area contributed by atoms with Crippen molar-refractivity contribution in [2.45, 2.75) is 6.54 Å². The Morgan fingerprint density at radius 1 is 1.04 bits per heavy atom. The van der Waals surface area contributed by atoms with Gasteiger partial charge in [-0.1, -0.05) is 12.1 Å². The molecule has 0 spiro atoms. The van der Waals surface area contributed by atoms with E-state index in [0.717, 1.165) is 12.1 Å². The van der Waals surface area contributed by atoms with Crippen LogP contribution in [0.4, 0.5) is 0 Å². The topological polar surface area (TPSA) is 92.8 Å². The van der Waals surface area contributed by atoms with Crippen LogP contribution >= 0.6 is 0 Å². The summed E-state index contributed by atoms with van der Waals surface area (Å²) in [6.07, 6.45) is 0. The van der Waals surface area contributed by atoms with Crippen LogP contribution in [0.5, 0.6) is 11.5 Å². The van der Waals surface area contributed by atoms with Crippen molar-refractivity contribution in [3.8, 4) is 11.5 Å². The summed E-state index contributed by atoms with van der Waals surface area (Å²) in [7, 11) is 3.85. The van der Waals surface area contributed by atoms with Crippen LogP contribution in [0.25, 0.3) is 0 Å². The van der Waals surface area contributed by atoms with Gasteiger partial charge in [0.25, 0.3) is 11.8 Å². The van der Waals surface area contributed by atoms with Gasteiger partial charge in [0.15, 0.2) is 11.5 Å². The molecule has 2 heterocycles. The van der Waals surface area contributed by atoms with Gasteiger partial charge in [0, 0.05) is 19.6 Å². The summed E-state index contributed by atoms with van der Waals surface area (Å²) < 4.78 is 10.6. The number of likely N-dealkylation sites (N-methyl/N-ethyl adjacent to an activating group) is 1. The molecule has 3 rings (SSSR count). The first kappa shape index (κ1) is 18.7. The van der Waals surface area contributed by atoms with Gasteiger partial charge in [0.2, 0.25) is 6.79 Å². The lowest BCUT2D eigenvalue weighted by Gasteiger charge is -2.10. The molecule has 0 radical (unpaired) electrons. The third-order valence-corrected chi connectivity index (χ3v) is 3.95. The highest BCUT2D eigenvalue weighted by atomic mass is 16.7. The molecular formula is C19H22N4O4. The van der Waals surface area contributed by atoms with Gasteiger partial charge in [-0.25, -0.2) is 4.98 Å². The molecule has 0 unspecified atom stereocenters. The number of pyridine rings is 1. The Bertz CT molecular complexity index is 838. The molecule has 1 aromatic heterocycles. The molecule has 0 aliphatic carbocycles. The van der Waals surface area contributed by atoms with Gasteiger partial charge in [0.05, 0.1) is 0 Å². The zero-order valence-corrected chi connectivity index (χ0v) is 15.3. The molecule has 0 saturated carbocycles. The number of hydrogen-bond acceptors (Lipinski definition) is 6. The second-order valence-electron chi connectivity index (χ2n) is 6.34. The van der Waals surface area contributed by atoms with E-state index < -0.39 is 0 Å². The summed E-state index contributed by atoms with van der Waals surface area (Å²) >= 11 is 0. The number of nitrogens with one attached hydrogen (secondary N) is 2. The van der Waals surface area contributed by atoms with E-state index in [9.17, 15) is 9.59 Å². The van der Waals surface area contributed by atoms with Crippen LogP contribution in [0.15, 0.2) is 36.4 Å². The van der Waals surface area contributed by atoms with E-state index >= 15 is 0 Å². The van der Waals surface area contributed by atoms with Gasteiger partial charge in [-0.3, -0.25) is 9.59 Å². The Labute approximate surface area is 157 Å². The number of ether oxygens (including phenoxy) is 2. The minimum absolute atomic E-state index is 0.191. The molecular weight excluding hydrogens is 348 g/mol. The van der Waals surface area contributed by atoms with E-state index in [2.05, 4.69) is 15.6 Å². The quantitative estimate of drug-likeness (QED) is 0.756.